The van der Waals surface area contributed by atoms with E-state index in [0.717, 1.165) is 0 Å². The molecule has 2 rings (SSSR count). The first-order valence-corrected chi connectivity index (χ1v) is 7.12. The van der Waals surface area contributed by atoms with Crippen LogP contribution in [0, 0.1) is 34.6 Å². The van der Waals surface area contributed by atoms with E-state index in [4.69, 9.17) is 0 Å². The van der Waals surface area contributed by atoms with Crippen LogP contribution in [0.3, 0.4) is 0 Å². The van der Waals surface area contributed by atoms with E-state index in [1.807, 2.05) is 11.8 Å². The van der Waals surface area contributed by atoms with E-state index in [0.29, 0.717) is 0 Å². The maximum atomic E-state index is 2.29. The normalized spacial score (nSPS) is 10.7. The Morgan fingerprint density at radius 3 is 2.06 bits per heavy atom. The van der Waals surface area contributed by atoms with E-state index in [9.17, 15) is 0 Å². The van der Waals surface area contributed by atoms with Gasteiger partial charge in [-0.15, -0.1) is 0 Å². The summed E-state index contributed by atoms with van der Waals surface area (Å²) in [4.78, 5) is 2.74. The predicted molar refractivity (Wildman–Crippen MR) is 80.7 cm³/mol. The molecule has 0 saturated heterocycles. The highest BCUT2D eigenvalue weighted by Gasteiger charge is 2.07. The van der Waals surface area contributed by atoms with E-state index in [1.165, 1.54) is 37.6 Å². The minimum absolute atomic E-state index is 1.32. The van der Waals surface area contributed by atoms with E-state index in [2.05, 4.69) is 65.0 Å². The maximum absolute atomic E-state index is 2.29. The standard InChI is InChI=1S/C17H20S/c1-11-6-7-13(3)16(9-11)18-17-10-12(2)8-14(4)15(17)5/h6-10H,1-5H3. The highest BCUT2D eigenvalue weighted by atomic mass is 32.2. The van der Waals surface area contributed by atoms with Gasteiger partial charge in [-0.2, -0.15) is 0 Å². The Hall–Kier alpha value is -1.21. The number of hydrogen-bond donors (Lipinski definition) is 0. The highest BCUT2D eigenvalue weighted by molar-refractivity contribution is 7.99. The highest BCUT2D eigenvalue weighted by Crippen LogP contribution is 2.34. The average molecular weight is 256 g/mol. The van der Waals surface area contributed by atoms with Gasteiger partial charge in [0.15, 0.2) is 0 Å². The first-order chi connectivity index (χ1) is 8.47. The van der Waals surface area contributed by atoms with Crippen LogP contribution >= 0.6 is 11.8 Å². The first-order valence-electron chi connectivity index (χ1n) is 6.30. The third-order valence-electron chi connectivity index (χ3n) is 3.33. The van der Waals surface area contributed by atoms with Crippen molar-refractivity contribution in [3.8, 4) is 0 Å². The van der Waals surface area contributed by atoms with E-state index in [-0.39, 0.29) is 0 Å². The molecule has 0 atom stereocenters. The molecule has 18 heavy (non-hydrogen) atoms. The predicted octanol–water partition coefficient (Wildman–Crippen LogP) is 5.38. The minimum atomic E-state index is 1.32. The second kappa shape index (κ2) is 5.19. The lowest BCUT2D eigenvalue weighted by Gasteiger charge is -2.12. The summed E-state index contributed by atoms with van der Waals surface area (Å²) in [6.45, 7) is 10.9. The number of aryl methyl sites for hydroxylation is 4. The lowest BCUT2D eigenvalue weighted by molar-refractivity contribution is 1.18. The van der Waals surface area contributed by atoms with Crippen LogP contribution < -0.4 is 0 Å². The van der Waals surface area contributed by atoms with Gasteiger partial charge in [-0.25, -0.2) is 0 Å². The van der Waals surface area contributed by atoms with Crippen molar-refractivity contribution < 1.29 is 0 Å². The van der Waals surface area contributed by atoms with Gasteiger partial charge in [0.2, 0.25) is 0 Å². The van der Waals surface area contributed by atoms with Crippen LogP contribution in [0.1, 0.15) is 27.8 Å². The fourth-order valence-corrected chi connectivity index (χ4v) is 3.31. The van der Waals surface area contributed by atoms with Crippen molar-refractivity contribution in [1.29, 1.82) is 0 Å². The van der Waals surface area contributed by atoms with E-state index < -0.39 is 0 Å². The molecule has 0 nitrogen and oxygen atoms in total. The zero-order valence-corrected chi connectivity index (χ0v) is 12.6. The molecule has 0 unspecified atom stereocenters. The minimum Gasteiger partial charge on any atom is -0.0895 e. The van der Waals surface area contributed by atoms with Crippen molar-refractivity contribution in [2.45, 2.75) is 44.4 Å². The lowest BCUT2D eigenvalue weighted by Crippen LogP contribution is -1.89. The molecule has 0 N–H and O–H groups in total. The van der Waals surface area contributed by atoms with E-state index >= 15 is 0 Å². The Balaban J connectivity index is 2.43. The Bertz CT molecular complexity index is 582. The second-order valence-electron chi connectivity index (χ2n) is 5.08. The second-order valence-corrected chi connectivity index (χ2v) is 6.16. The Labute approximate surface area is 114 Å². The summed E-state index contributed by atoms with van der Waals surface area (Å²) < 4.78 is 0. The molecule has 0 aliphatic carbocycles. The Kier molecular flexibility index (Phi) is 3.82. The molecule has 0 bridgehead atoms. The van der Waals surface area contributed by atoms with Crippen LogP contribution in [-0.2, 0) is 0 Å². The molecule has 0 heterocycles. The van der Waals surface area contributed by atoms with Crippen LogP contribution in [0.2, 0.25) is 0 Å². The molecule has 2 aromatic rings. The van der Waals surface area contributed by atoms with Crippen molar-refractivity contribution in [3.05, 3.63) is 58.1 Å². The molecule has 0 radical (unpaired) electrons. The molecule has 1 heteroatoms. The van der Waals surface area contributed by atoms with Gasteiger partial charge in [-0.3, -0.25) is 0 Å². The van der Waals surface area contributed by atoms with Gasteiger partial charge in [0.1, 0.15) is 0 Å². The summed E-state index contributed by atoms with van der Waals surface area (Å²) in [7, 11) is 0. The molecular formula is C17H20S. The Morgan fingerprint density at radius 1 is 0.667 bits per heavy atom. The summed E-state index contributed by atoms with van der Waals surface area (Å²) in [6, 6.07) is 11.2. The average Bonchev–Trinajstić information content (AvgIpc) is 2.30. The van der Waals surface area contributed by atoms with Crippen molar-refractivity contribution in [3.63, 3.8) is 0 Å². The van der Waals surface area contributed by atoms with Crippen molar-refractivity contribution >= 4 is 11.8 Å². The largest absolute Gasteiger partial charge is 0.0895 e. The van der Waals surface area contributed by atoms with Crippen LogP contribution in [0.15, 0.2) is 40.1 Å². The molecule has 2 aromatic carbocycles. The maximum Gasteiger partial charge on any atom is 0.0156 e. The zero-order valence-electron chi connectivity index (χ0n) is 11.8. The first kappa shape index (κ1) is 13.2. The van der Waals surface area contributed by atoms with Gasteiger partial charge < -0.3 is 0 Å². The van der Waals surface area contributed by atoms with Crippen molar-refractivity contribution in [1.82, 2.24) is 0 Å². The van der Waals surface area contributed by atoms with Crippen molar-refractivity contribution in [2.24, 2.45) is 0 Å². The number of rotatable bonds is 2. The molecule has 0 aromatic heterocycles. The van der Waals surface area contributed by atoms with Gasteiger partial charge >= 0.3 is 0 Å². The zero-order chi connectivity index (χ0) is 13.3. The van der Waals surface area contributed by atoms with Crippen LogP contribution in [0.4, 0.5) is 0 Å². The van der Waals surface area contributed by atoms with Crippen molar-refractivity contribution in [2.75, 3.05) is 0 Å². The number of hydrogen-bond acceptors (Lipinski definition) is 1. The van der Waals surface area contributed by atoms with Crippen LogP contribution in [0.25, 0.3) is 0 Å². The fraction of sp³-hybridized carbons (Fsp3) is 0.294. The molecule has 0 aliphatic rings. The molecule has 0 fully saturated rings. The quantitative estimate of drug-likeness (QED) is 0.695. The third kappa shape index (κ3) is 2.78. The number of benzene rings is 2. The summed E-state index contributed by atoms with van der Waals surface area (Å²) in [5, 5.41) is 0. The van der Waals surface area contributed by atoms with Gasteiger partial charge in [0, 0.05) is 9.79 Å². The summed E-state index contributed by atoms with van der Waals surface area (Å²) in [5.74, 6) is 0. The summed E-state index contributed by atoms with van der Waals surface area (Å²) in [5.41, 5.74) is 6.79. The van der Waals surface area contributed by atoms with Gasteiger partial charge in [0.25, 0.3) is 0 Å². The van der Waals surface area contributed by atoms with Gasteiger partial charge in [-0.1, -0.05) is 30.0 Å². The summed E-state index contributed by atoms with van der Waals surface area (Å²) in [6.07, 6.45) is 0. The summed E-state index contributed by atoms with van der Waals surface area (Å²) >= 11 is 1.88. The molecular weight excluding hydrogens is 236 g/mol. The molecule has 0 spiro atoms. The van der Waals surface area contributed by atoms with Gasteiger partial charge in [0.05, 0.1) is 0 Å². The molecule has 0 saturated carbocycles. The Morgan fingerprint density at radius 2 is 1.33 bits per heavy atom. The topological polar surface area (TPSA) is 0 Å². The molecule has 94 valence electrons. The smallest absolute Gasteiger partial charge is 0.0156 e. The van der Waals surface area contributed by atoms with Crippen LogP contribution in [0.5, 0.6) is 0 Å². The SMILES string of the molecule is Cc1ccc(C)c(Sc2cc(C)cc(C)c2C)c1. The molecule has 0 amide bonds. The van der Waals surface area contributed by atoms with Gasteiger partial charge in [-0.05, 0) is 74.6 Å². The fourth-order valence-electron chi connectivity index (χ4n) is 2.04. The lowest BCUT2D eigenvalue weighted by atomic mass is 10.1. The monoisotopic (exact) mass is 256 g/mol. The third-order valence-corrected chi connectivity index (χ3v) is 4.63. The molecule has 0 aliphatic heterocycles. The van der Waals surface area contributed by atoms with Crippen LogP contribution in [-0.4, -0.2) is 0 Å². The van der Waals surface area contributed by atoms with E-state index in [1.54, 1.807) is 0 Å².